The Kier molecular flexibility index (Phi) is 4.13. The van der Waals surface area contributed by atoms with Crippen LogP contribution in [0.15, 0.2) is 29.3 Å². The van der Waals surface area contributed by atoms with E-state index >= 15 is 0 Å². The van der Waals surface area contributed by atoms with Crippen molar-refractivity contribution in [1.29, 1.82) is 0 Å². The molecule has 0 atom stereocenters. The van der Waals surface area contributed by atoms with Gasteiger partial charge in [0, 0.05) is 20.7 Å². The number of hydrogen-bond donors (Lipinski definition) is 1. The van der Waals surface area contributed by atoms with Gasteiger partial charge in [-0.25, -0.2) is 4.99 Å². The largest absolute Gasteiger partial charge is 0.396 e. The molecule has 0 radical (unpaired) electrons. The van der Waals surface area contributed by atoms with Gasteiger partial charge in [-0.15, -0.1) is 0 Å². The summed E-state index contributed by atoms with van der Waals surface area (Å²) in [5.41, 5.74) is 2.07. The summed E-state index contributed by atoms with van der Waals surface area (Å²) in [6.07, 6.45) is 2.47. The molecule has 0 spiro atoms. The molecular weight excluding hydrogens is 176 g/mol. The zero-order valence-corrected chi connectivity index (χ0v) is 8.64. The SMILES string of the molecule is CN(C)C=Nc1ccc(CCO)cc1. The summed E-state index contributed by atoms with van der Waals surface area (Å²) in [5, 5.41) is 8.73. The fourth-order valence-corrected chi connectivity index (χ4v) is 1.06. The second-order valence-electron chi connectivity index (χ2n) is 3.35. The van der Waals surface area contributed by atoms with Crippen LogP contribution in [0.25, 0.3) is 0 Å². The second kappa shape index (κ2) is 5.40. The smallest absolute Gasteiger partial charge is 0.0907 e. The van der Waals surface area contributed by atoms with Crippen molar-refractivity contribution in [1.82, 2.24) is 4.90 Å². The van der Waals surface area contributed by atoms with Gasteiger partial charge in [-0.2, -0.15) is 0 Å². The number of rotatable bonds is 4. The minimum Gasteiger partial charge on any atom is -0.396 e. The van der Waals surface area contributed by atoms with Gasteiger partial charge in [-0.05, 0) is 24.1 Å². The van der Waals surface area contributed by atoms with Crippen LogP contribution in [-0.4, -0.2) is 37.0 Å². The Hall–Kier alpha value is -1.35. The molecule has 0 heterocycles. The molecule has 0 fully saturated rings. The molecule has 0 aromatic heterocycles. The highest BCUT2D eigenvalue weighted by Gasteiger charge is 1.91. The van der Waals surface area contributed by atoms with Gasteiger partial charge < -0.3 is 10.0 Å². The van der Waals surface area contributed by atoms with E-state index in [1.54, 1.807) is 6.34 Å². The lowest BCUT2D eigenvalue weighted by atomic mass is 10.1. The van der Waals surface area contributed by atoms with Crippen LogP contribution in [0.5, 0.6) is 0 Å². The molecule has 0 amide bonds. The number of hydrogen-bond acceptors (Lipinski definition) is 2. The van der Waals surface area contributed by atoms with Crippen LogP contribution >= 0.6 is 0 Å². The van der Waals surface area contributed by atoms with E-state index in [0.717, 1.165) is 11.3 Å². The zero-order chi connectivity index (χ0) is 10.4. The molecule has 1 N–H and O–H groups in total. The van der Waals surface area contributed by atoms with Crippen molar-refractivity contribution in [2.45, 2.75) is 6.42 Å². The van der Waals surface area contributed by atoms with Crippen LogP contribution in [0, 0.1) is 0 Å². The first-order valence-corrected chi connectivity index (χ1v) is 4.63. The maximum atomic E-state index is 8.73. The minimum atomic E-state index is 0.195. The fraction of sp³-hybridized carbons (Fsp3) is 0.364. The third-order valence-corrected chi connectivity index (χ3v) is 1.77. The van der Waals surface area contributed by atoms with E-state index in [1.165, 1.54) is 0 Å². The molecule has 1 rings (SSSR count). The maximum Gasteiger partial charge on any atom is 0.0907 e. The summed E-state index contributed by atoms with van der Waals surface area (Å²) in [5.74, 6) is 0. The van der Waals surface area contributed by atoms with Crippen LogP contribution in [0.3, 0.4) is 0 Å². The highest BCUT2D eigenvalue weighted by Crippen LogP contribution is 2.12. The molecule has 0 saturated carbocycles. The Labute approximate surface area is 84.7 Å². The van der Waals surface area contributed by atoms with Crippen LogP contribution in [0.2, 0.25) is 0 Å². The molecule has 76 valence electrons. The average molecular weight is 192 g/mol. The van der Waals surface area contributed by atoms with E-state index in [2.05, 4.69) is 4.99 Å². The molecule has 3 heteroatoms. The predicted octanol–water partition coefficient (Wildman–Crippen LogP) is 1.44. The van der Waals surface area contributed by atoms with Gasteiger partial charge >= 0.3 is 0 Å². The molecule has 0 aliphatic rings. The molecule has 0 saturated heterocycles. The van der Waals surface area contributed by atoms with Gasteiger partial charge in [0.15, 0.2) is 0 Å². The molecule has 1 aromatic rings. The third kappa shape index (κ3) is 3.58. The molecule has 0 aliphatic carbocycles. The maximum absolute atomic E-state index is 8.73. The van der Waals surface area contributed by atoms with Crippen LogP contribution in [0.4, 0.5) is 5.69 Å². The lowest BCUT2D eigenvalue weighted by molar-refractivity contribution is 0.299. The topological polar surface area (TPSA) is 35.8 Å². The number of aliphatic imine (C=N–C) groups is 1. The Morgan fingerprint density at radius 1 is 1.29 bits per heavy atom. The summed E-state index contributed by atoms with van der Waals surface area (Å²) >= 11 is 0. The van der Waals surface area contributed by atoms with Crippen LogP contribution in [0.1, 0.15) is 5.56 Å². The molecule has 0 bridgehead atoms. The second-order valence-corrected chi connectivity index (χ2v) is 3.35. The molecule has 14 heavy (non-hydrogen) atoms. The van der Waals surface area contributed by atoms with Gasteiger partial charge in [-0.1, -0.05) is 12.1 Å². The lowest BCUT2D eigenvalue weighted by Crippen LogP contribution is -2.06. The molecular formula is C11H16N2O. The van der Waals surface area contributed by atoms with Gasteiger partial charge in [0.05, 0.1) is 12.0 Å². The summed E-state index contributed by atoms with van der Waals surface area (Å²) < 4.78 is 0. The standard InChI is InChI=1S/C11H16N2O/c1-13(2)9-12-11-5-3-10(4-6-11)7-8-14/h3-6,9,14H,7-8H2,1-2H3. The predicted molar refractivity (Wildman–Crippen MR) is 59.1 cm³/mol. The highest BCUT2D eigenvalue weighted by atomic mass is 16.2. The van der Waals surface area contributed by atoms with E-state index in [0.29, 0.717) is 6.42 Å². The van der Waals surface area contributed by atoms with Crippen LogP contribution < -0.4 is 0 Å². The Morgan fingerprint density at radius 2 is 1.93 bits per heavy atom. The van der Waals surface area contributed by atoms with E-state index in [-0.39, 0.29) is 6.61 Å². The lowest BCUT2D eigenvalue weighted by Gasteiger charge is -2.02. The Morgan fingerprint density at radius 3 is 2.43 bits per heavy atom. The van der Waals surface area contributed by atoms with Crippen molar-refractivity contribution in [3.05, 3.63) is 29.8 Å². The van der Waals surface area contributed by atoms with E-state index in [4.69, 9.17) is 5.11 Å². The summed E-state index contributed by atoms with van der Waals surface area (Å²) in [6, 6.07) is 7.87. The fourth-order valence-electron chi connectivity index (χ4n) is 1.06. The van der Waals surface area contributed by atoms with Crippen molar-refractivity contribution in [3.8, 4) is 0 Å². The first kappa shape index (κ1) is 10.7. The monoisotopic (exact) mass is 192 g/mol. The normalized spacial score (nSPS) is 10.8. The first-order valence-electron chi connectivity index (χ1n) is 4.63. The van der Waals surface area contributed by atoms with Gasteiger partial charge in [-0.3, -0.25) is 0 Å². The third-order valence-electron chi connectivity index (χ3n) is 1.77. The van der Waals surface area contributed by atoms with Crippen molar-refractivity contribution in [3.63, 3.8) is 0 Å². The first-order chi connectivity index (χ1) is 6.72. The van der Waals surface area contributed by atoms with Gasteiger partial charge in [0.25, 0.3) is 0 Å². The number of benzene rings is 1. The van der Waals surface area contributed by atoms with Gasteiger partial charge in [0.1, 0.15) is 0 Å². The number of aliphatic hydroxyl groups excluding tert-OH is 1. The summed E-state index contributed by atoms with van der Waals surface area (Å²) in [6.45, 7) is 0.195. The van der Waals surface area contributed by atoms with Crippen molar-refractivity contribution < 1.29 is 5.11 Å². The quantitative estimate of drug-likeness (QED) is 0.579. The van der Waals surface area contributed by atoms with Crippen molar-refractivity contribution in [2.75, 3.05) is 20.7 Å². The number of nitrogens with zero attached hydrogens (tertiary/aromatic N) is 2. The highest BCUT2D eigenvalue weighted by molar-refractivity contribution is 5.60. The van der Waals surface area contributed by atoms with E-state index in [1.807, 2.05) is 43.3 Å². The van der Waals surface area contributed by atoms with Crippen LogP contribution in [-0.2, 0) is 6.42 Å². The Balaban J connectivity index is 2.64. The Bertz CT molecular complexity index is 291. The zero-order valence-electron chi connectivity index (χ0n) is 8.64. The summed E-state index contributed by atoms with van der Waals surface area (Å²) in [4.78, 5) is 6.14. The molecule has 0 unspecified atom stereocenters. The molecule has 3 nitrogen and oxygen atoms in total. The average Bonchev–Trinajstić information content (AvgIpc) is 2.17. The van der Waals surface area contributed by atoms with Crippen molar-refractivity contribution >= 4 is 12.0 Å². The minimum absolute atomic E-state index is 0.195. The number of aliphatic hydroxyl groups is 1. The molecule has 0 aliphatic heterocycles. The van der Waals surface area contributed by atoms with E-state index in [9.17, 15) is 0 Å². The van der Waals surface area contributed by atoms with Crippen molar-refractivity contribution in [2.24, 2.45) is 4.99 Å². The summed E-state index contributed by atoms with van der Waals surface area (Å²) in [7, 11) is 3.87. The van der Waals surface area contributed by atoms with E-state index < -0.39 is 0 Å². The van der Waals surface area contributed by atoms with Gasteiger partial charge in [0.2, 0.25) is 0 Å². The molecule has 1 aromatic carbocycles.